The average molecular weight is 480 g/mol. The van der Waals surface area contributed by atoms with Crippen LogP contribution in [0, 0.1) is 35.5 Å². The van der Waals surface area contributed by atoms with Crippen molar-refractivity contribution in [3.8, 4) is 24.7 Å². The van der Waals surface area contributed by atoms with E-state index in [0.717, 1.165) is 28.9 Å². The van der Waals surface area contributed by atoms with Crippen LogP contribution in [0.25, 0.3) is 0 Å². The monoisotopic (exact) mass is 480 g/mol. The van der Waals surface area contributed by atoms with Crippen LogP contribution in [0.3, 0.4) is 0 Å². The molecule has 0 aliphatic heterocycles. The molecule has 3 heteroatoms. The van der Waals surface area contributed by atoms with Gasteiger partial charge < -0.3 is 7.80 Å². The highest BCUT2D eigenvalue weighted by atomic mass is 127. The number of halogens is 1. The van der Waals surface area contributed by atoms with E-state index in [2.05, 4.69) is 38.8 Å². The first-order valence-corrected chi connectivity index (χ1v) is 9.83. The predicted molar refractivity (Wildman–Crippen MR) is 125 cm³/mol. The van der Waals surface area contributed by atoms with Crippen LogP contribution in [-0.2, 0) is 7.80 Å². The lowest BCUT2D eigenvalue weighted by Crippen LogP contribution is -2.18. The van der Waals surface area contributed by atoms with E-state index in [1.54, 1.807) is 0 Å². The van der Waals surface area contributed by atoms with Gasteiger partial charge >= 0.3 is 0 Å². The van der Waals surface area contributed by atoms with E-state index in [-0.39, 0.29) is 10.8 Å². The van der Waals surface area contributed by atoms with Crippen molar-refractivity contribution in [3.63, 3.8) is 0 Å². The zero-order valence-corrected chi connectivity index (χ0v) is 19.8. The molecule has 0 aromatic carbocycles. The van der Waals surface area contributed by atoms with Crippen molar-refractivity contribution in [2.24, 2.45) is 10.8 Å². The molecule has 0 aliphatic carbocycles. The Morgan fingerprint density at radius 1 is 1.11 bits per heavy atom. The van der Waals surface area contributed by atoms with Crippen LogP contribution >= 0.6 is 23.0 Å². The van der Waals surface area contributed by atoms with E-state index in [4.69, 9.17) is 20.6 Å². The Bertz CT molecular complexity index is 687. The Morgan fingerprint density at radius 3 is 2.07 bits per heavy atom. The Labute approximate surface area is 180 Å². The molecular formula is C24H33IO2. The maximum atomic E-state index is 6.00. The number of hydrogen-bond acceptors (Lipinski definition) is 2. The fourth-order valence-electron chi connectivity index (χ4n) is 2.57. The lowest BCUT2D eigenvalue weighted by atomic mass is 9.80. The summed E-state index contributed by atoms with van der Waals surface area (Å²) in [5.74, 6) is 6.95. The summed E-state index contributed by atoms with van der Waals surface area (Å²) < 4.78 is 11.7. The molecule has 0 radical (unpaired) electrons. The highest BCUT2D eigenvalue weighted by Gasteiger charge is 2.26. The largest absolute Gasteiger partial charge is 0.493 e. The summed E-state index contributed by atoms with van der Waals surface area (Å²) >= 11 is 1.92. The number of hydrogen-bond donors (Lipinski definition) is 0. The van der Waals surface area contributed by atoms with Crippen molar-refractivity contribution in [1.82, 2.24) is 0 Å². The first kappa shape index (κ1) is 25.4. The number of allylic oxidation sites excluding steroid dienone is 3. The Kier molecular flexibility index (Phi) is 10.6. The third-order valence-electron chi connectivity index (χ3n) is 4.38. The normalized spacial score (nSPS) is 12.2. The zero-order valence-electron chi connectivity index (χ0n) is 17.7. The van der Waals surface area contributed by atoms with E-state index >= 15 is 0 Å². The van der Waals surface area contributed by atoms with Crippen molar-refractivity contribution in [3.05, 3.63) is 47.5 Å². The molecule has 0 aliphatic rings. The highest BCUT2D eigenvalue weighted by Crippen LogP contribution is 2.37. The van der Waals surface area contributed by atoms with Gasteiger partial charge in [0.15, 0.2) is 23.0 Å². The van der Waals surface area contributed by atoms with E-state index in [0.29, 0.717) is 25.2 Å². The highest BCUT2D eigenvalue weighted by molar-refractivity contribution is 14.1. The second kappa shape index (κ2) is 11.3. The first-order valence-electron chi connectivity index (χ1n) is 8.95. The standard InChI is InChI=1S/C24H33IO2/c1-11-14-23(7,8)16-21(22(27-25)18(4)5)20(13-3)17-26-19(6)24(9,10)15-12-2/h1-2,13H,3,6,14-17H2,4-5,7-10H3/b21-20+. The van der Waals surface area contributed by atoms with Crippen LogP contribution in [0.15, 0.2) is 47.5 Å². The molecule has 0 aromatic heterocycles. The molecule has 0 N–H and O–H groups in total. The van der Waals surface area contributed by atoms with E-state index < -0.39 is 0 Å². The third kappa shape index (κ3) is 8.31. The zero-order chi connectivity index (χ0) is 21.3. The van der Waals surface area contributed by atoms with Crippen LogP contribution < -0.4 is 0 Å². The maximum Gasteiger partial charge on any atom is 0.192 e. The minimum atomic E-state index is -0.289. The van der Waals surface area contributed by atoms with Gasteiger partial charge in [-0.15, -0.1) is 24.7 Å². The van der Waals surface area contributed by atoms with Gasteiger partial charge in [0.1, 0.15) is 12.4 Å². The Hall–Kier alpha value is -1.59. The van der Waals surface area contributed by atoms with Gasteiger partial charge in [0.25, 0.3) is 0 Å². The third-order valence-corrected chi connectivity index (χ3v) is 4.82. The molecule has 0 spiro atoms. The lowest BCUT2D eigenvalue weighted by Gasteiger charge is -2.28. The fraction of sp³-hybridized carbons (Fsp3) is 0.500. The number of ether oxygens (including phenoxy) is 1. The molecule has 0 aromatic rings. The van der Waals surface area contributed by atoms with Crippen LogP contribution in [0.5, 0.6) is 0 Å². The second-order valence-electron chi connectivity index (χ2n) is 8.31. The molecule has 0 rings (SSSR count). The van der Waals surface area contributed by atoms with Gasteiger partial charge in [-0.2, -0.15) is 0 Å². The van der Waals surface area contributed by atoms with Gasteiger partial charge in [-0.25, -0.2) is 0 Å². The second-order valence-corrected chi connectivity index (χ2v) is 8.75. The first-order chi connectivity index (χ1) is 12.5. The summed E-state index contributed by atoms with van der Waals surface area (Å²) in [7, 11) is 0. The van der Waals surface area contributed by atoms with Crippen molar-refractivity contribution < 1.29 is 7.80 Å². The minimum absolute atomic E-state index is 0.0754. The molecule has 0 atom stereocenters. The molecule has 0 unspecified atom stereocenters. The van der Waals surface area contributed by atoms with E-state index in [1.165, 1.54) is 0 Å². The molecular weight excluding hydrogens is 447 g/mol. The number of rotatable bonds is 11. The molecule has 148 valence electrons. The molecule has 0 saturated heterocycles. The topological polar surface area (TPSA) is 18.5 Å². The van der Waals surface area contributed by atoms with Gasteiger partial charge in [-0.3, -0.25) is 0 Å². The summed E-state index contributed by atoms with van der Waals surface area (Å²) in [6, 6.07) is 0. The quantitative estimate of drug-likeness (QED) is 0.135. The molecule has 2 nitrogen and oxygen atoms in total. The van der Waals surface area contributed by atoms with Gasteiger partial charge in [0, 0.05) is 23.8 Å². The van der Waals surface area contributed by atoms with E-state index in [9.17, 15) is 0 Å². The summed E-state index contributed by atoms with van der Waals surface area (Å²) in [6.45, 7) is 20.8. The fourth-order valence-corrected chi connectivity index (χ4v) is 3.27. The molecule has 0 bridgehead atoms. The van der Waals surface area contributed by atoms with E-state index in [1.807, 2.05) is 56.8 Å². The van der Waals surface area contributed by atoms with Gasteiger partial charge in [-0.1, -0.05) is 46.9 Å². The molecule has 0 saturated carbocycles. The summed E-state index contributed by atoms with van der Waals surface area (Å²) in [5, 5.41) is 0. The van der Waals surface area contributed by atoms with Crippen molar-refractivity contribution in [2.45, 2.75) is 60.8 Å². The summed E-state index contributed by atoms with van der Waals surface area (Å²) in [4.78, 5) is 0. The van der Waals surface area contributed by atoms with Gasteiger partial charge in [0.05, 0.1) is 5.76 Å². The van der Waals surface area contributed by atoms with Crippen LogP contribution in [0.4, 0.5) is 0 Å². The lowest BCUT2D eigenvalue weighted by molar-refractivity contribution is 0.166. The molecule has 27 heavy (non-hydrogen) atoms. The molecule has 0 amide bonds. The SMILES string of the molecule is C#CCC(C)(C)C/C(C(OI)=C(C)C)=C(/C=C)COC(=C)C(C)(C)CC#C. The average Bonchev–Trinajstić information content (AvgIpc) is 2.54. The van der Waals surface area contributed by atoms with Gasteiger partial charge in [-0.05, 0) is 36.8 Å². The number of terminal acetylenes is 2. The summed E-state index contributed by atoms with van der Waals surface area (Å²) in [5.41, 5.74) is 2.74. The molecule has 0 fully saturated rings. The Balaban J connectivity index is 5.92. The molecule has 0 heterocycles. The smallest absolute Gasteiger partial charge is 0.192 e. The van der Waals surface area contributed by atoms with Gasteiger partial charge in [0.2, 0.25) is 0 Å². The summed E-state index contributed by atoms with van der Waals surface area (Å²) in [6.07, 6.45) is 14.8. The maximum absolute atomic E-state index is 6.00. The Morgan fingerprint density at radius 2 is 1.67 bits per heavy atom. The van der Waals surface area contributed by atoms with Crippen LogP contribution in [0.1, 0.15) is 60.8 Å². The van der Waals surface area contributed by atoms with Crippen LogP contribution in [0.2, 0.25) is 0 Å². The van der Waals surface area contributed by atoms with Crippen molar-refractivity contribution >= 4 is 23.0 Å². The van der Waals surface area contributed by atoms with Crippen LogP contribution in [-0.4, -0.2) is 6.61 Å². The van der Waals surface area contributed by atoms with Crippen molar-refractivity contribution in [2.75, 3.05) is 6.61 Å². The predicted octanol–water partition coefficient (Wildman–Crippen LogP) is 7.15. The van der Waals surface area contributed by atoms with Crippen molar-refractivity contribution in [1.29, 1.82) is 0 Å². The minimum Gasteiger partial charge on any atom is -0.493 e.